The lowest BCUT2D eigenvalue weighted by molar-refractivity contribution is -0.167. The number of carbonyl (C=O) groups is 2. The number of methoxy groups -OCH3 is 1. The molecular weight excluding hydrogens is 260 g/mol. The molecule has 0 aliphatic rings. The first-order valence-corrected chi connectivity index (χ1v) is 6.50. The van der Waals surface area contributed by atoms with Crippen molar-refractivity contribution in [2.24, 2.45) is 0 Å². The molecule has 0 saturated heterocycles. The van der Waals surface area contributed by atoms with E-state index < -0.39 is 24.0 Å². The molecule has 110 valence electrons. The predicted octanol–water partition coefficient (Wildman–Crippen LogP) is 2.29. The fraction of sp³-hybridized carbons (Fsp3) is 0.467. The third-order valence-electron chi connectivity index (χ3n) is 2.88. The van der Waals surface area contributed by atoms with Crippen molar-refractivity contribution in [1.82, 2.24) is 0 Å². The van der Waals surface area contributed by atoms with Crippen molar-refractivity contribution >= 4 is 11.9 Å². The minimum absolute atomic E-state index is 0.259. The first-order valence-electron chi connectivity index (χ1n) is 6.50. The van der Waals surface area contributed by atoms with E-state index in [9.17, 15) is 9.59 Å². The Balaban J connectivity index is 2.64. The minimum atomic E-state index is -0.900. The fourth-order valence-electron chi connectivity index (χ4n) is 1.61. The van der Waals surface area contributed by atoms with Gasteiger partial charge in [-0.2, -0.15) is 0 Å². The summed E-state index contributed by atoms with van der Waals surface area (Å²) in [6.07, 6.45) is -0.900. The minimum Gasteiger partial charge on any atom is -0.497 e. The van der Waals surface area contributed by atoms with Gasteiger partial charge in [-0.05, 0) is 38.5 Å². The zero-order valence-corrected chi connectivity index (χ0v) is 12.2. The molecule has 0 aromatic heterocycles. The molecule has 1 aromatic rings. The van der Waals surface area contributed by atoms with Crippen LogP contribution in [0.3, 0.4) is 0 Å². The maximum Gasteiger partial charge on any atom is 0.347 e. The maximum absolute atomic E-state index is 12.0. The van der Waals surface area contributed by atoms with Gasteiger partial charge in [0.05, 0.1) is 19.6 Å². The van der Waals surface area contributed by atoms with Crippen LogP contribution in [0.1, 0.15) is 32.3 Å². The summed E-state index contributed by atoms with van der Waals surface area (Å²) in [6, 6.07) is 7.13. The van der Waals surface area contributed by atoms with E-state index in [0.717, 1.165) is 5.56 Å². The third kappa shape index (κ3) is 4.26. The monoisotopic (exact) mass is 280 g/mol. The number of carbonyl (C=O) groups excluding carboxylic acids is 2. The van der Waals surface area contributed by atoms with Crippen molar-refractivity contribution < 1.29 is 23.8 Å². The highest BCUT2D eigenvalue weighted by Gasteiger charge is 2.23. The van der Waals surface area contributed by atoms with Gasteiger partial charge in [0.1, 0.15) is 5.75 Å². The van der Waals surface area contributed by atoms with Gasteiger partial charge in [-0.25, -0.2) is 4.79 Å². The molecule has 5 nitrogen and oxygen atoms in total. The Labute approximate surface area is 118 Å². The van der Waals surface area contributed by atoms with Crippen molar-refractivity contribution in [1.29, 1.82) is 0 Å². The van der Waals surface area contributed by atoms with E-state index in [2.05, 4.69) is 0 Å². The first-order chi connectivity index (χ1) is 9.49. The van der Waals surface area contributed by atoms with Crippen LogP contribution in [0.4, 0.5) is 0 Å². The fourth-order valence-corrected chi connectivity index (χ4v) is 1.61. The van der Waals surface area contributed by atoms with Crippen molar-refractivity contribution in [3.8, 4) is 5.75 Å². The topological polar surface area (TPSA) is 61.8 Å². The number of esters is 2. The lowest BCUT2D eigenvalue weighted by Gasteiger charge is -2.16. The van der Waals surface area contributed by atoms with E-state index in [1.54, 1.807) is 45.2 Å². The quantitative estimate of drug-likeness (QED) is 0.748. The van der Waals surface area contributed by atoms with Gasteiger partial charge in [0, 0.05) is 0 Å². The van der Waals surface area contributed by atoms with Gasteiger partial charge in [0.15, 0.2) is 6.10 Å². The van der Waals surface area contributed by atoms with Crippen LogP contribution in [-0.4, -0.2) is 31.8 Å². The third-order valence-corrected chi connectivity index (χ3v) is 2.88. The molecule has 0 amide bonds. The summed E-state index contributed by atoms with van der Waals surface area (Å²) < 4.78 is 14.9. The van der Waals surface area contributed by atoms with Gasteiger partial charge in [0.25, 0.3) is 0 Å². The summed E-state index contributed by atoms with van der Waals surface area (Å²) in [5.41, 5.74) is 0.798. The Bertz CT molecular complexity index is 452. The van der Waals surface area contributed by atoms with Gasteiger partial charge in [-0.15, -0.1) is 0 Å². The van der Waals surface area contributed by atoms with Gasteiger partial charge in [0.2, 0.25) is 0 Å². The van der Waals surface area contributed by atoms with E-state index >= 15 is 0 Å². The number of rotatable bonds is 6. The molecule has 0 bridgehead atoms. The maximum atomic E-state index is 12.0. The van der Waals surface area contributed by atoms with Gasteiger partial charge in [-0.3, -0.25) is 4.79 Å². The van der Waals surface area contributed by atoms with Gasteiger partial charge >= 0.3 is 11.9 Å². The summed E-state index contributed by atoms with van der Waals surface area (Å²) >= 11 is 0. The molecule has 1 rings (SSSR count). The smallest absolute Gasteiger partial charge is 0.347 e. The molecule has 1 aromatic carbocycles. The Morgan fingerprint density at radius 3 is 2.20 bits per heavy atom. The standard InChI is InChI=1S/C15H20O5/c1-5-19-15(17)11(3)20-14(16)10(2)12-6-8-13(18-4)9-7-12/h6-11H,5H2,1-4H3/t10-,11-/m0/s1. The van der Waals surface area contributed by atoms with E-state index in [-0.39, 0.29) is 6.61 Å². The molecular formula is C15H20O5. The van der Waals surface area contributed by atoms with Crippen LogP contribution < -0.4 is 4.74 Å². The average Bonchev–Trinajstić information content (AvgIpc) is 2.46. The highest BCUT2D eigenvalue weighted by Crippen LogP contribution is 2.20. The summed E-state index contributed by atoms with van der Waals surface area (Å²) in [4.78, 5) is 23.4. The van der Waals surface area contributed by atoms with Crippen molar-refractivity contribution in [3.63, 3.8) is 0 Å². The number of hydrogen-bond donors (Lipinski definition) is 0. The zero-order valence-electron chi connectivity index (χ0n) is 12.2. The molecule has 2 atom stereocenters. The average molecular weight is 280 g/mol. The summed E-state index contributed by atoms with van der Waals surface area (Å²) in [5, 5.41) is 0. The molecule has 0 aliphatic carbocycles. The molecule has 0 aliphatic heterocycles. The molecule has 20 heavy (non-hydrogen) atoms. The van der Waals surface area contributed by atoms with Crippen LogP contribution in [0.5, 0.6) is 5.75 Å². The Morgan fingerprint density at radius 1 is 1.10 bits per heavy atom. The molecule has 0 heterocycles. The number of hydrogen-bond acceptors (Lipinski definition) is 5. The van der Waals surface area contributed by atoms with Crippen molar-refractivity contribution in [2.75, 3.05) is 13.7 Å². The predicted molar refractivity (Wildman–Crippen MR) is 73.6 cm³/mol. The molecule has 0 saturated carbocycles. The van der Waals surface area contributed by atoms with Crippen molar-refractivity contribution in [2.45, 2.75) is 32.8 Å². The van der Waals surface area contributed by atoms with E-state index in [4.69, 9.17) is 14.2 Å². The second-order valence-electron chi connectivity index (χ2n) is 4.33. The second-order valence-corrected chi connectivity index (χ2v) is 4.33. The van der Waals surface area contributed by atoms with E-state index in [0.29, 0.717) is 5.75 Å². The van der Waals surface area contributed by atoms with Crippen LogP contribution >= 0.6 is 0 Å². The summed E-state index contributed by atoms with van der Waals surface area (Å²) in [7, 11) is 1.58. The van der Waals surface area contributed by atoms with Crippen LogP contribution in [0.15, 0.2) is 24.3 Å². The van der Waals surface area contributed by atoms with Crippen LogP contribution in [0.25, 0.3) is 0 Å². The van der Waals surface area contributed by atoms with Gasteiger partial charge in [-0.1, -0.05) is 12.1 Å². The van der Waals surface area contributed by atoms with Crippen LogP contribution in [-0.2, 0) is 19.1 Å². The van der Waals surface area contributed by atoms with Crippen LogP contribution in [0.2, 0.25) is 0 Å². The largest absolute Gasteiger partial charge is 0.497 e. The van der Waals surface area contributed by atoms with E-state index in [1.807, 2.05) is 0 Å². The second kappa shape index (κ2) is 7.53. The lowest BCUT2D eigenvalue weighted by atomic mass is 10.0. The summed E-state index contributed by atoms with van der Waals surface area (Å²) in [6.45, 7) is 5.18. The SMILES string of the molecule is CCOC(=O)[C@H](C)OC(=O)[C@@H](C)c1ccc(OC)cc1. The molecule has 0 unspecified atom stereocenters. The number of benzene rings is 1. The Morgan fingerprint density at radius 2 is 1.70 bits per heavy atom. The molecule has 0 N–H and O–H groups in total. The van der Waals surface area contributed by atoms with E-state index in [1.165, 1.54) is 6.92 Å². The lowest BCUT2D eigenvalue weighted by Crippen LogP contribution is -2.28. The number of ether oxygens (including phenoxy) is 3. The Kier molecular flexibility index (Phi) is 6.03. The van der Waals surface area contributed by atoms with Crippen LogP contribution in [0, 0.1) is 0 Å². The summed E-state index contributed by atoms with van der Waals surface area (Å²) in [5.74, 6) is -0.745. The van der Waals surface area contributed by atoms with Gasteiger partial charge < -0.3 is 14.2 Å². The Hall–Kier alpha value is -2.04. The van der Waals surface area contributed by atoms with Crippen molar-refractivity contribution in [3.05, 3.63) is 29.8 Å². The highest BCUT2D eigenvalue weighted by molar-refractivity contribution is 5.82. The normalized spacial score (nSPS) is 13.2. The molecule has 5 heteroatoms. The molecule has 0 radical (unpaired) electrons. The molecule has 0 spiro atoms. The molecule has 0 fully saturated rings. The zero-order chi connectivity index (χ0) is 15.1. The highest BCUT2D eigenvalue weighted by atomic mass is 16.6. The first kappa shape index (κ1) is 16.0.